The monoisotopic (exact) mass is 540 g/mol. The maximum Gasteiger partial charge on any atom is 0.416 e. The second kappa shape index (κ2) is 10.0. The molecule has 1 aliphatic heterocycles. The molecule has 3 aromatic rings. The van der Waals surface area contributed by atoms with E-state index in [-0.39, 0.29) is 48.0 Å². The summed E-state index contributed by atoms with van der Waals surface area (Å²) in [5.41, 5.74) is -1.18. The van der Waals surface area contributed by atoms with Gasteiger partial charge >= 0.3 is 6.18 Å². The van der Waals surface area contributed by atoms with Gasteiger partial charge in [0.05, 0.1) is 22.7 Å². The van der Waals surface area contributed by atoms with E-state index >= 15 is 0 Å². The van der Waals surface area contributed by atoms with Gasteiger partial charge in [0.2, 0.25) is 5.91 Å². The fourth-order valence-corrected chi connectivity index (χ4v) is 5.49. The summed E-state index contributed by atoms with van der Waals surface area (Å²) in [6.07, 6.45) is -5.32. The van der Waals surface area contributed by atoms with Gasteiger partial charge in [-0.05, 0) is 54.1 Å². The van der Waals surface area contributed by atoms with E-state index in [4.69, 9.17) is 4.74 Å². The van der Waals surface area contributed by atoms with Crippen molar-refractivity contribution in [2.24, 2.45) is 0 Å². The first-order chi connectivity index (χ1) is 17.4. The van der Waals surface area contributed by atoms with Crippen molar-refractivity contribution in [3.05, 3.63) is 77.9 Å². The van der Waals surface area contributed by atoms with Crippen LogP contribution in [0.25, 0.3) is 11.1 Å². The highest BCUT2D eigenvalue weighted by Crippen LogP contribution is 2.41. The quantitative estimate of drug-likeness (QED) is 0.440. The molecule has 1 atom stereocenters. The van der Waals surface area contributed by atoms with E-state index in [1.165, 1.54) is 25.1 Å². The Labute approximate surface area is 209 Å². The maximum atomic E-state index is 14.4. The van der Waals surface area contributed by atoms with Crippen LogP contribution in [-0.2, 0) is 21.0 Å². The first-order valence-corrected chi connectivity index (χ1v) is 12.5. The van der Waals surface area contributed by atoms with Crippen LogP contribution < -0.4 is 14.4 Å². The second-order valence-corrected chi connectivity index (χ2v) is 10.2. The lowest BCUT2D eigenvalue weighted by atomic mass is 10.0. The summed E-state index contributed by atoms with van der Waals surface area (Å²) in [4.78, 5) is 10.6. The number of anilines is 1. The molecule has 1 aliphatic rings. The summed E-state index contributed by atoms with van der Waals surface area (Å²) >= 11 is 0. The predicted molar refractivity (Wildman–Crippen MR) is 125 cm³/mol. The fraction of sp³-hybridized carbons (Fsp3) is 0.240. The van der Waals surface area contributed by atoms with E-state index in [9.17, 15) is 35.2 Å². The molecule has 1 N–H and O–H groups in total. The summed E-state index contributed by atoms with van der Waals surface area (Å²) in [7, 11) is -4.55. The molecule has 0 spiro atoms. The summed E-state index contributed by atoms with van der Waals surface area (Å²) < 4.78 is 102. The molecule has 0 saturated carbocycles. The molecule has 3 aromatic carbocycles. The number of fused-ring (bicyclic) bond motifs is 1. The zero-order chi connectivity index (χ0) is 27.0. The number of amides is 1. The topological polar surface area (TPSA) is 75.7 Å². The van der Waals surface area contributed by atoms with Crippen molar-refractivity contribution in [2.75, 3.05) is 17.4 Å². The van der Waals surface area contributed by atoms with Crippen molar-refractivity contribution in [2.45, 2.75) is 30.5 Å². The largest absolute Gasteiger partial charge is 0.486 e. The third kappa shape index (κ3) is 5.68. The molecule has 1 amide bonds. The Morgan fingerprint density at radius 1 is 1.08 bits per heavy atom. The molecule has 0 unspecified atom stereocenters. The lowest BCUT2D eigenvalue weighted by Gasteiger charge is -2.36. The molecule has 6 nitrogen and oxygen atoms in total. The second-order valence-electron chi connectivity index (χ2n) is 8.38. The van der Waals surface area contributed by atoms with Crippen LogP contribution in [0.2, 0.25) is 0 Å². The minimum Gasteiger partial charge on any atom is -0.486 e. The summed E-state index contributed by atoms with van der Waals surface area (Å²) in [5, 5.41) is 2.58. The molecule has 12 heteroatoms. The van der Waals surface area contributed by atoms with E-state index in [1.54, 1.807) is 0 Å². The van der Waals surface area contributed by atoms with Crippen LogP contribution in [-0.4, -0.2) is 33.5 Å². The highest BCUT2D eigenvalue weighted by atomic mass is 32.2. The van der Waals surface area contributed by atoms with Gasteiger partial charge in [0.25, 0.3) is 10.0 Å². The molecule has 0 fully saturated rings. The van der Waals surface area contributed by atoms with Gasteiger partial charge < -0.3 is 10.1 Å². The number of hydrogen-bond donors (Lipinski definition) is 1. The number of ether oxygens (including phenoxy) is 1. The average Bonchev–Trinajstić information content (AvgIpc) is 2.84. The first-order valence-electron chi connectivity index (χ1n) is 11.1. The van der Waals surface area contributed by atoms with Crippen LogP contribution >= 0.6 is 0 Å². The van der Waals surface area contributed by atoms with E-state index in [2.05, 4.69) is 5.32 Å². The number of benzene rings is 3. The number of alkyl halides is 3. The van der Waals surface area contributed by atoms with Crippen molar-refractivity contribution in [1.29, 1.82) is 0 Å². The van der Waals surface area contributed by atoms with Gasteiger partial charge in [-0.25, -0.2) is 17.2 Å². The lowest BCUT2D eigenvalue weighted by Crippen LogP contribution is -2.44. The van der Waals surface area contributed by atoms with E-state index in [1.807, 2.05) is 0 Å². The van der Waals surface area contributed by atoms with Crippen LogP contribution in [0.1, 0.15) is 18.9 Å². The van der Waals surface area contributed by atoms with Crippen LogP contribution in [0.5, 0.6) is 5.75 Å². The molecule has 0 radical (unpaired) electrons. The number of nitrogens with zero attached hydrogens (tertiary/aromatic N) is 1. The number of carbonyl (C=O) groups is 1. The van der Waals surface area contributed by atoms with E-state index in [0.717, 1.165) is 40.7 Å². The van der Waals surface area contributed by atoms with Crippen LogP contribution in [0.4, 0.5) is 27.6 Å². The Bertz CT molecular complexity index is 1440. The molecule has 0 aliphatic carbocycles. The molecule has 1 heterocycles. The van der Waals surface area contributed by atoms with E-state index in [0.29, 0.717) is 6.07 Å². The summed E-state index contributed by atoms with van der Waals surface area (Å²) in [6, 6.07) is 10.2. The Hall–Kier alpha value is -3.67. The normalized spacial score (nSPS) is 15.6. The average molecular weight is 541 g/mol. The van der Waals surface area contributed by atoms with Gasteiger partial charge in [0.1, 0.15) is 23.5 Å². The van der Waals surface area contributed by atoms with Crippen LogP contribution in [0.15, 0.2) is 65.6 Å². The highest BCUT2D eigenvalue weighted by Gasteiger charge is 2.37. The number of carbonyl (C=O) groups excluding carboxylic acids is 1. The van der Waals surface area contributed by atoms with Crippen molar-refractivity contribution >= 4 is 21.6 Å². The predicted octanol–water partition coefficient (Wildman–Crippen LogP) is 5.13. The lowest BCUT2D eigenvalue weighted by molar-refractivity contribution is -0.137. The fourth-order valence-electron chi connectivity index (χ4n) is 3.95. The minimum atomic E-state index is -4.77. The summed E-state index contributed by atoms with van der Waals surface area (Å²) in [6.45, 7) is 1.19. The van der Waals surface area contributed by atoms with Crippen molar-refractivity contribution in [3.63, 3.8) is 0 Å². The number of hydrogen-bond acceptors (Lipinski definition) is 4. The molecule has 37 heavy (non-hydrogen) atoms. The molecule has 0 bridgehead atoms. The summed E-state index contributed by atoms with van der Waals surface area (Å²) in [5.74, 6) is -1.68. The Kier molecular flexibility index (Phi) is 7.13. The molecule has 4 rings (SSSR count). The van der Waals surface area contributed by atoms with Gasteiger partial charge in [0.15, 0.2) is 0 Å². The minimum absolute atomic E-state index is 0.0469. The van der Waals surface area contributed by atoms with Crippen LogP contribution in [0.3, 0.4) is 0 Å². The van der Waals surface area contributed by atoms with Gasteiger partial charge in [0, 0.05) is 25.5 Å². The Morgan fingerprint density at radius 2 is 1.84 bits per heavy atom. The zero-order valence-corrected chi connectivity index (χ0v) is 20.2. The number of sulfonamides is 1. The van der Waals surface area contributed by atoms with Gasteiger partial charge in [-0.2, -0.15) is 13.2 Å². The molecular weight excluding hydrogens is 519 g/mol. The third-order valence-electron chi connectivity index (χ3n) is 5.72. The van der Waals surface area contributed by atoms with Gasteiger partial charge in [-0.15, -0.1) is 0 Å². The van der Waals surface area contributed by atoms with Crippen molar-refractivity contribution < 1.29 is 39.9 Å². The SMILES string of the molecule is CC(=O)NCC[C@H]1CN(S(=O)(=O)c2cccc(C(F)(F)F)c2)c2cc(-c3cc(F)ccc3F)ccc2O1. The third-order valence-corrected chi connectivity index (χ3v) is 7.50. The van der Waals surface area contributed by atoms with Gasteiger partial charge in [-0.3, -0.25) is 9.10 Å². The van der Waals surface area contributed by atoms with Crippen LogP contribution in [0, 0.1) is 11.6 Å². The Balaban J connectivity index is 1.80. The smallest absolute Gasteiger partial charge is 0.416 e. The first kappa shape index (κ1) is 26.4. The molecular formula is C25H21F5N2O4S. The number of halogens is 5. The molecule has 196 valence electrons. The van der Waals surface area contributed by atoms with Crippen molar-refractivity contribution in [1.82, 2.24) is 5.32 Å². The highest BCUT2D eigenvalue weighted by molar-refractivity contribution is 7.92. The maximum absolute atomic E-state index is 14.4. The van der Waals surface area contributed by atoms with Crippen molar-refractivity contribution in [3.8, 4) is 16.9 Å². The number of rotatable bonds is 6. The standard InChI is InChI=1S/C25H21F5N2O4S/c1-15(33)31-10-9-19-14-32(37(34,35)20-4-2-3-17(12-20)25(28,29)30)23-11-16(5-8-24(23)36-19)21-13-18(26)6-7-22(21)27/h2-8,11-13,19H,9-10,14H2,1H3,(H,31,33)/t19-/m0/s1. The molecule has 0 saturated heterocycles. The van der Waals surface area contributed by atoms with Gasteiger partial charge in [-0.1, -0.05) is 12.1 Å². The van der Waals surface area contributed by atoms with E-state index < -0.39 is 44.4 Å². The Morgan fingerprint density at radius 3 is 2.54 bits per heavy atom. The molecule has 0 aromatic heterocycles. The zero-order valence-electron chi connectivity index (χ0n) is 19.4. The number of nitrogens with one attached hydrogen (secondary N) is 1.